The fraction of sp³-hybridized carbons (Fsp3) is 0.375. The molecule has 0 saturated heterocycles. The number of aromatic nitrogens is 3. The molecule has 1 aromatic carbocycles. The topological polar surface area (TPSA) is 30.7 Å². The van der Waals surface area contributed by atoms with E-state index in [4.69, 9.17) is 16.6 Å². The highest BCUT2D eigenvalue weighted by Gasteiger charge is 2.13. The van der Waals surface area contributed by atoms with Crippen LogP contribution in [0.1, 0.15) is 28.2 Å². The molecular weight excluding hydrogens is 302 g/mol. The maximum atomic E-state index is 5.94. The average Bonchev–Trinajstić information content (AvgIpc) is 3.06. The van der Waals surface area contributed by atoms with Gasteiger partial charge >= 0.3 is 0 Å². The molecule has 0 amide bonds. The van der Waals surface area contributed by atoms with Crippen LogP contribution in [-0.2, 0) is 19.4 Å². The van der Waals surface area contributed by atoms with Gasteiger partial charge in [0, 0.05) is 23.4 Å². The minimum absolute atomic E-state index is 0.584. The van der Waals surface area contributed by atoms with Crippen LogP contribution in [0.2, 0.25) is 0 Å². The van der Waals surface area contributed by atoms with Crippen LogP contribution in [0.4, 0.5) is 0 Å². The highest BCUT2D eigenvalue weighted by molar-refractivity contribution is 7.11. The lowest BCUT2D eigenvalue weighted by Gasteiger charge is -2.08. The van der Waals surface area contributed by atoms with Crippen molar-refractivity contribution in [3.63, 3.8) is 0 Å². The van der Waals surface area contributed by atoms with Crippen molar-refractivity contribution in [2.24, 2.45) is 0 Å². The number of fused-ring (bicyclic) bond motifs is 1. The van der Waals surface area contributed by atoms with E-state index in [1.165, 1.54) is 16.0 Å². The molecule has 0 bridgehead atoms. The molecule has 5 heteroatoms. The lowest BCUT2D eigenvalue weighted by molar-refractivity contribution is 0.748. The van der Waals surface area contributed by atoms with Crippen LogP contribution < -0.4 is 0 Å². The number of hydrogen-bond acceptors (Lipinski definition) is 3. The first-order valence-electron chi connectivity index (χ1n) is 7.17. The summed E-state index contributed by atoms with van der Waals surface area (Å²) in [4.78, 5) is 10.6. The van der Waals surface area contributed by atoms with Crippen LogP contribution in [0, 0.1) is 6.92 Å². The Morgan fingerprint density at radius 1 is 1.33 bits per heavy atom. The summed E-state index contributed by atoms with van der Waals surface area (Å²) in [6.07, 6.45) is 3.80. The molecular formula is C16H18ClN3S. The summed E-state index contributed by atoms with van der Waals surface area (Å²) in [6, 6.07) is 6.25. The van der Waals surface area contributed by atoms with E-state index < -0.39 is 0 Å². The van der Waals surface area contributed by atoms with Crippen LogP contribution in [0.3, 0.4) is 0 Å². The average molecular weight is 320 g/mol. The van der Waals surface area contributed by atoms with Crippen LogP contribution >= 0.6 is 22.9 Å². The van der Waals surface area contributed by atoms with Crippen molar-refractivity contribution >= 4 is 34.0 Å². The van der Waals surface area contributed by atoms with Crippen LogP contribution in [0.25, 0.3) is 11.0 Å². The van der Waals surface area contributed by atoms with Gasteiger partial charge in [0.05, 0.1) is 17.6 Å². The molecule has 2 heterocycles. The van der Waals surface area contributed by atoms with E-state index in [9.17, 15) is 0 Å². The molecule has 0 saturated carbocycles. The smallest absolute Gasteiger partial charge is 0.113 e. The quantitative estimate of drug-likeness (QED) is 0.660. The second-order valence-corrected chi connectivity index (χ2v) is 6.65. The SMILES string of the molecule is CCc1cnc(Cn2c(CCCl)nc3cccc(C)c32)s1. The first-order chi connectivity index (χ1) is 10.2. The highest BCUT2D eigenvalue weighted by Crippen LogP contribution is 2.23. The number of para-hydroxylation sites is 1. The number of benzene rings is 1. The van der Waals surface area contributed by atoms with Crippen LogP contribution in [0.5, 0.6) is 0 Å². The summed E-state index contributed by atoms with van der Waals surface area (Å²) in [7, 11) is 0. The number of rotatable bonds is 5. The lowest BCUT2D eigenvalue weighted by Crippen LogP contribution is -2.06. The zero-order valence-electron chi connectivity index (χ0n) is 12.3. The third-order valence-electron chi connectivity index (χ3n) is 3.61. The van der Waals surface area contributed by atoms with Gasteiger partial charge in [-0.3, -0.25) is 0 Å². The fourth-order valence-corrected chi connectivity index (χ4v) is 3.60. The molecule has 0 aliphatic heterocycles. The Bertz CT molecular complexity index is 760. The zero-order valence-corrected chi connectivity index (χ0v) is 13.8. The van der Waals surface area contributed by atoms with Gasteiger partial charge in [0.15, 0.2) is 0 Å². The molecule has 3 rings (SSSR count). The van der Waals surface area contributed by atoms with Crippen molar-refractivity contribution in [3.05, 3.63) is 45.7 Å². The minimum atomic E-state index is 0.584. The molecule has 0 aliphatic carbocycles. The molecule has 0 radical (unpaired) electrons. The number of aryl methyl sites for hydroxylation is 3. The number of nitrogens with zero attached hydrogens (tertiary/aromatic N) is 3. The summed E-state index contributed by atoms with van der Waals surface area (Å²) in [5.41, 5.74) is 3.49. The second kappa shape index (κ2) is 6.16. The maximum absolute atomic E-state index is 5.94. The van der Waals surface area contributed by atoms with Gasteiger partial charge in [-0.15, -0.1) is 22.9 Å². The van der Waals surface area contributed by atoms with Gasteiger partial charge in [-0.05, 0) is 25.0 Å². The molecule has 0 spiro atoms. The predicted molar refractivity (Wildman–Crippen MR) is 89.5 cm³/mol. The maximum Gasteiger partial charge on any atom is 0.113 e. The summed E-state index contributed by atoms with van der Waals surface area (Å²) in [6.45, 7) is 5.07. The van der Waals surface area contributed by atoms with Crippen molar-refractivity contribution in [2.75, 3.05) is 5.88 Å². The van der Waals surface area contributed by atoms with Gasteiger partial charge in [-0.2, -0.15) is 0 Å². The van der Waals surface area contributed by atoms with E-state index in [0.717, 1.165) is 35.7 Å². The molecule has 3 nitrogen and oxygen atoms in total. The molecule has 0 N–H and O–H groups in total. The summed E-state index contributed by atoms with van der Waals surface area (Å²) in [5, 5.41) is 1.13. The van der Waals surface area contributed by atoms with Gasteiger partial charge in [0.25, 0.3) is 0 Å². The van der Waals surface area contributed by atoms with E-state index in [2.05, 4.69) is 41.6 Å². The second-order valence-electron chi connectivity index (χ2n) is 5.07. The molecule has 110 valence electrons. The Kier molecular flexibility index (Phi) is 4.27. The van der Waals surface area contributed by atoms with Crippen molar-refractivity contribution in [1.82, 2.24) is 14.5 Å². The van der Waals surface area contributed by atoms with Crippen LogP contribution in [0.15, 0.2) is 24.4 Å². The Hall–Kier alpha value is -1.39. The molecule has 0 unspecified atom stereocenters. The molecule has 0 aliphatic rings. The minimum Gasteiger partial charge on any atom is -0.321 e. The normalized spacial score (nSPS) is 11.4. The Balaban J connectivity index is 2.07. The van der Waals surface area contributed by atoms with Gasteiger partial charge in [-0.25, -0.2) is 9.97 Å². The highest BCUT2D eigenvalue weighted by atomic mass is 35.5. The van der Waals surface area contributed by atoms with Crippen molar-refractivity contribution in [1.29, 1.82) is 0 Å². The number of thiazole rings is 1. The van der Waals surface area contributed by atoms with E-state index in [1.54, 1.807) is 11.3 Å². The predicted octanol–water partition coefficient (Wildman–Crippen LogP) is 4.19. The Labute approximate surface area is 133 Å². The van der Waals surface area contributed by atoms with E-state index >= 15 is 0 Å². The summed E-state index contributed by atoms with van der Waals surface area (Å²) in [5.74, 6) is 1.63. The Morgan fingerprint density at radius 3 is 2.90 bits per heavy atom. The fourth-order valence-electron chi connectivity index (χ4n) is 2.58. The molecule has 21 heavy (non-hydrogen) atoms. The largest absolute Gasteiger partial charge is 0.321 e. The third kappa shape index (κ3) is 2.83. The molecule has 2 aromatic heterocycles. The van der Waals surface area contributed by atoms with E-state index in [1.807, 2.05) is 6.20 Å². The summed E-state index contributed by atoms with van der Waals surface area (Å²) < 4.78 is 2.27. The monoisotopic (exact) mass is 319 g/mol. The summed E-state index contributed by atoms with van der Waals surface area (Å²) >= 11 is 7.72. The van der Waals surface area contributed by atoms with Gasteiger partial charge in [-0.1, -0.05) is 19.1 Å². The van der Waals surface area contributed by atoms with E-state index in [0.29, 0.717) is 5.88 Å². The van der Waals surface area contributed by atoms with Gasteiger partial charge in [0.1, 0.15) is 10.8 Å². The lowest BCUT2D eigenvalue weighted by atomic mass is 10.2. The number of halogens is 1. The van der Waals surface area contributed by atoms with Crippen LogP contribution in [-0.4, -0.2) is 20.4 Å². The van der Waals surface area contributed by atoms with Crippen molar-refractivity contribution < 1.29 is 0 Å². The third-order valence-corrected chi connectivity index (χ3v) is 4.92. The molecule has 3 aromatic rings. The molecule has 0 fully saturated rings. The van der Waals surface area contributed by atoms with E-state index in [-0.39, 0.29) is 0 Å². The number of imidazole rings is 1. The number of alkyl halides is 1. The zero-order chi connectivity index (χ0) is 14.8. The van der Waals surface area contributed by atoms with Gasteiger partial charge < -0.3 is 4.57 Å². The van der Waals surface area contributed by atoms with Crippen molar-refractivity contribution in [2.45, 2.75) is 33.2 Å². The Morgan fingerprint density at radius 2 is 2.19 bits per heavy atom. The number of hydrogen-bond donors (Lipinski definition) is 0. The first kappa shape index (κ1) is 14.5. The van der Waals surface area contributed by atoms with Crippen molar-refractivity contribution in [3.8, 4) is 0 Å². The molecule has 0 atom stereocenters. The first-order valence-corrected chi connectivity index (χ1v) is 8.52. The standard InChI is InChI=1S/C16H18ClN3S/c1-3-12-9-18-15(21-12)10-20-14(7-8-17)19-13-6-4-5-11(2)16(13)20/h4-6,9H,3,7-8,10H2,1-2H3. The van der Waals surface area contributed by atoms with Gasteiger partial charge in [0.2, 0.25) is 0 Å².